The highest BCUT2D eigenvalue weighted by molar-refractivity contribution is 9.10. The van der Waals surface area contributed by atoms with Gasteiger partial charge in [-0.05, 0) is 30.9 Å². The van der Waals surface area contributed by atoms with Gasteiger partial charge in [0.05, 0.1) is 5.69 Å². The molecule has 2 heterocycles. The molecule has 3 aromatic rings. The van der Waals surface area contributed by atoms with Gasteiger partial charge in [-0.15, -0.1) is 10.2 Å². The summed E-state index contributed by atoms with van der Waals surface area (Å²) in [4.78, 5) is 19.5. The number of ether oxygens (including phenoxy) is 1. The Balaban J connectivity index is 1.96. The summed E-state index contributed by atoms with van der Waals surface area (Å²) in [6.45, 7) is 1.99. The molecule has 1 atom stereocenters. The van der Waals surface area contributed by atoms with E-state index in [0.29, 0.717) is 23.2 Å². The lowest BCUT2D eigenvalue weighted by Crippen LogP contribution is -2.37. The number of hydrogen-bond acceptors (Lipinski definition) is 6. The summed E-state index contributed by atoms with van der Waals surface area (Å²) in [5.74, 6) is 0.351. The molecule has 2 aromatic carbocycles. The van der Waals surface area contributed by atoms with Gasteiger partial charge in [-0.25, -0.2) is 0 Å². The Bertz CT molecular complexity index is 1060. The van der Waals surface area contributed by atoms with Crippen LogP contribution in [-0.4, -0.2) is 27.3 Å². The lowest BCUT2D eigenvalue weighted by atomic mass is 10.1. The van der Waals surface area contributed by atoms with Gasteiger partial charge in [-0.3, -0.25) is 9.69 Å². The number of para-hydroxylation sites is 1. The van der Waals surface area contributed by atoms with E-state index in [2.05, 4.69) is 31.1 Å². The number of aromatic nitrogens is 3. The fraction of sp³-hybridized carbons (Fsp3) is 0.238. The third-order valence-electron chi connectivity index (χ3n) is 4.56. The van der Waals surface area contributed by atoms with Crippen molar-refractivity contribution in [3.63, 3.8) is 0 Å². The van der Waals surface area contributed by atoms with Crippen LogP contribution in [-0.2, 0) is 4.79 Å². The number of amides is 1. The van der Waals surface area contributed by atoms with Crippen LogP contribution in [0.2, 0.25) is 0 Å². The molecule has 0 spiro atoms. The average Bonchev–Trinajstić information content (AvgIpc) is 2.88. The zero-order valence-electron chi connectivity index (χ0n) is 16.0. The summed E-state index contributed by atoms with van der Waals surface area (Å²) in [6.07, 6.45) is 2.37. The van der Waals surface area contributed by atoms with Gasteiger partial charge >= 0.3 is 0 Å². The van der Waals surface area contributed by atoms with Crippen LogP contribution in [0.3, 0.4) is 0 Å². The number of nitrogens with zero attached hydrogens (tertiary/aromatic N) is 4. The van der Waals surface area contributed by atoms with E-state index in [1.54, 1.807) is 4.90 Å². The van der Waals surface area contributed by atoms with Crippen LogP contribution in [0.25, 0.3) is 11.3 Å². The Morgan fingerprint density at radius 1 is 1.21 bits per heavy atom. The van der Waals surface area contributed by atoms with Crippen molar-refractivity contribution in [2.45, 2.75) is 31.1 Å². The topological polar surface area (TPSA) is 68.2 Å². The van der Waals surface area contributed by atoms with Crippen molar-refractivity contribution in [1.29, 1.82) is 0 Å². The molecule has 0 aliphatic carbocycles. The zero-order valence-corrected chi connectivity index (χ0v) is 18.4. The van der Waals surface area contributed by atoms with Crippen LogP contribution in [0.4, 0.5) is 5.69 Å². The molecule has 29 heavy (non-hydrogen) atoms. The summed E-state index contributed by atoms with van der Waals surface area (Å²) in [5.41, 5.74) is 2.89. The molecule has 0 radical (unpaired) electrons. The number of hydrogen-bond donors (Lipinski definition) is 0. The Morgan fingerprint density at radius 2 is 2.03 bits per heavy atom. The van der Waals surface area contributed by atoms with Crippen LogP contribution in [0.1, 0.15) is 31.6 Å². The first-order chi connectivity index (χ1) is 14.1. The molecule has 0 N–H and O–H groups in total. The molecule has 0 fully saturated rings. The smallest absolute Gasteiger partial charge is 0.247 e. The molecule has 0 unspecified atom stereocenters. The maximum Gasteiger partial charge on any atom is 0.247 e. The van der Waals surface area contributed by atoms with Crippen LogP contribution >= 0.6 is 27.7 Å². The van der Waals surface area contributed by atoms with Crippen molar-refractivity contribution in [2.24, 2.45) is 0 Å². The van der Waals surface area contributed by atoms with Crippen molar-refractivity contribution in [3.8, 4) is 17.1 Å². The minimum absolute atomic E-state index is 0.0178. The maximum atomic E-state index is 13.2. The summed E-state index contributed by atoms with van der Waals surface area (Å²) < 4.78 is 7.27. The van der Waals surface area contributed by atoms with Gasteiger partial charge < -0.3 is 4.74 Å². The molecule has 0 bridgehead atoms. The monoisotopic (exact) mass is 470 g/mol. The lowest BCUT2D eigenvalue weighted by molar-refractivity contribution is -0.120. The van der Waals surface area contributed by atoms with Crippen molar-refractivity contribution in [1.82, 2.24) is 15.2 Å². The molecule has 148 valence electrons. The Morgan fingerprint density at radius 3 is 2.79 bits per heavy atom. The van der Waals surface area contributed by atoms with E-state index in [1.165, 1.54) is 11.8 Å². The third kappa shape index (κ3) is 3.86. The Labute approximate surface area is 181 Å². The number of benzene rings is 2. The molecule has 1 aromatic heterocycles. The third-order valence-corrected chi connectivity index (χ3v) is 5.59. The van der Waals surface area contributed by atoms with Gasteiger partial charge in [0.15, 0.2) is 5.69 Å². The number of halogens is 1. The summed E-state index contributed by atoms with van der Waals surface area (Å²) in [5, 5.41) is 9.07. The van der Waals surface area contributed by atoms with Crippen LogP contribution in [0.5, 0.6) is 5.88 Å². The van der Waals surface area contributed by atoms with E-state index in [4.69, 9.17) is 4.74 Å². The molecule has 4 rings (SSSR count). The molecule has 0 saturated carbocycles. The van der Waals surface area contributed by atoms with E-state index in [0.717, 1.165) is 27.7 Å². The Kier molecular flexibility index (Phi) is 5.82. The average molecular weight is 471 g/mol. The minimum Gasteiger partial charge on any atom is -0.447 e. The van der Waals surface area contributed by atoms with E-state index in [-0.39, 0.29) is 5.91 Å². The molecule has 0 saturated heterocycles. The van der Waals surface area contributed by atoms with Crippen molar-refractivity contribution in [3.05, 3.63) is 58.6 Å². The first-order valence-electron chi connectivity index (χ1n) is 9.24. The molecular formula is C21H19BrN4O2S. The molecule has 1 amide bonds. The van der Waals surface area contributed by atoms with Gasteiger partial charge in [0, 0.05) is 22.0 Å². The zero-order chi connectivity index (χ0) is 20.4. The minimum atomic E-state index is -0.666. The summed E-state index contributed by atoms with van der Waals surface area (Å²) >= 11 is 4.91. The highest BCUT2D eigenvalue weighted by atomic mass is 79.9. The SMILES string of the molecule is CCCC(=O)N1c2ccccc2-c2nnc(SC)nc2O[C@@H]1c1cccc(Br)c1. The van der Waals surface area contributed by atoms with E-state index in [1.807, 2.05) is 61.7 Å². The van der Waals surface area contributed by atoms with Gasteiger partial charge in [-0.2, -0.15) is 4.98 Å². The number of rotatable bonds is 4. The second-order valence-corrected chi connectivity index (χ2v) is 8.20. The number of fused-ring (bicyclic) bond motifs is 3. The highest BCUT2D eigenvalue weighted by Gasteiger charge is 2.35. The lowest BCUT2D eigenvalue weighted by Gasteiger charge is -2.31. The maximum absolute atomic E-state index is 13.2. The van der Waals surface area contributed by atoms with Crippen LogP contribution < -0.4 is 9.64 Å². The number of anilines is 1. The first kappa shape index (κ1) is 19.8. The first-order valence-corrected chi connectivity index (χ1v) is 11.3. The predicted octanol–water partition coefficient (Wildman–Crippen LogP) is 5.25. The number of thioether (sulfide) groups is 1. The van der Waals surface area contributed by atoms with Gasteiger partial charge in [0.25, 0.3) is 0 Å². The molecule has 8 heteroatoms. The van der Waals surface area contributed by atoms with Crippen LogP contribution in [0.15, 0.2) is 58.2 Å². The van der Waals surface area contributed by atoms with E-state index < -0.39 is 6.23 Å². The van der Waals surface area contributed by atoms with Gasteiger partial charge in [0.1, 0.15) is 0 Å². The van der Waals surface area contributed by atoms with Crippen molar-refractivity contribution < 1.29 is 9.53 Å². The number of carbonyl (C=O) groups excluding carboxylic acids is 1. The largest absolute Gasteiger partial charge is 0.447 e. The number of carbonyl (C=O) groups is 1. The standard InChI is InChI=1S/C21H19BrN4O2S/c1-3-7-17(27)26-16-11-5-4-10-15(16)18-19(23-21(29-2)25-24-18)28-20(26)13-8-6-9-14(22)12-13/h4-6,8-12,20H,3,7H2,1-2H3/t20-/m1/s1. The summed E-state index contributed by atoms with van der Waals surface area (Å²) in [7, 11) is 0. The molecule has 6 nitrogen and oxygen atoms in total. The predicted molar refractivity (Wildman–Crippen MR) is 117 cm³/mol. The fourth-order valence-corrected chi connectivity index (χ4v) is 3.99. The molecule has 1 aliphatic rings. The summed E-state index contributed by atoms with van der Waals surface area (Å²) in [6, 6.07) is 15.4. The second-order valence-electron chi connectivity index (χ2n) is 6.51. The van der Waals surface area contributed by atoms with Gasteiger partial charge in [0.2, 0.25) is 23.2 Å². The van der Waals surface area contributed by atoms with Gasteiger partial charge in [-0.1, -0.05) is 64.9 Å². The van der Waals surface area contributed by atoms with Crippen molar-refractivity contribution >= 4 is 39.3 Å². The van der Waals surface area contributed by atoms with Crippen molar-refractivity contribution in [2.75, 3.05) is 11.2 Å². The van der Waals surface area contributed by atoms with E-state index >= 15 is 0 Å². The Hall–Kier alpha value is -2.45. The second kappa shape index (κ2) is 8.51. The van der Waals surface area contributed by atoms with E-state index in [9.17, 15) is 4.79 Å². The normalized spacial score (nSPS) is 15.1. The highest BCUT2D eigenvalue weighted by Crippen LogP contribution is 2.43. The molecule has 1 aliphatic heterocycles. The fourth-order valence-electron chi connectivity index (χ4n) is 3.28. The van der Waals surface area contributed by atoms with Crippen LogP contribution in [0, 0.1) is 0 Å². The quantitative estimate of drug-likeness (QED) is 0.485. The molecular weight excluding hydrogens is 452 g/mol.